The number of carboxylic acid groups (broad SMARTS) is 2. The minimum absolute atomic E-state index is 0.0750. The summed E-state index contributed by atoms with van der Waals surface area (Å²) in [5.41, 5.74) is 12.8. The number of aliphatic hydroxyl groups is 2. The average Bonchev–Trinajstić information content (AvgIpc) is 4.10. The van der Waals surface area contributed by atoms with E-state index in [0.29, 0.717) is 75.8 Å². The zero-order valence-corrected chi connectivity index (χ0v) is 45.7. The summed E-state index contributed by atoms with van der Waals surface area (Å²) in [6.07, 6.45) is 10.4. The molecule has 2 aliphatic heterocycles. The van der Waals surface area contributed by atoms with Crippen LogP contribution in [0.3, 0.4) is 0 Å². The van der Waals surface area contributed by atoms with Crippen molar-refractivity contribution in [1.82, 2.24) is 19.9 Å². The first-order valence-electron chi connectivity index (χ1n) is 27.4. The Morgan fingerprint density at radius 3 is 1.80 bits per heavy atom. The van der Waals surface area contributed by atoms with Gasteiger partial charge in [-0.15, -0.1) is 0 Å². The van der Waals surface area contributed by atoms with Gasteiger partial charge in [0.25, 0.3) is 0 Å². The summed E-state index contributed by atoms with van der Waals surface area (Å²) in [7, 11) is 0. The summed E-state index contributed by atoms with van der Waals surface area (Å²) >= 11 is 0. The number of carboxylic acids is 2. The van der Waals surface area contributed by atoms with Crippen LogP contribution in [0.1, 0.15) is 209 Å². The molecule has 14 nitrogen and oxygen atoms in total. The minimum Gasteiger partial charge on any atom is -0.481 e. The molecule has 5 heterocycles. The van der Waals surface area contributed by atoms with Crippen LogP contribution >= 0.6 is 0 Å². The van der Waals surface area contributed by atoms with E-state index >= 15 is 0 Å². The van der Waals surface area contributed by atoms with E-state index in [-0.39, 0.29) is 60.3 Å². The number of rotatable bonds is 14. The van der Waals surface area contributed by atoms with Crippen molar-refractivity contribution >= 4 is 73.8 Å². The van der Waals surface area contributed by atoms with Crippen LogP contribution in [-0.4, -0.2) is 75.9 Å². The molecule has 6 N–H and O–H groups in total. The van der Waals surface area contributed by atoms with Crippen molar-refractivity contribution in [3.8, 4) is 0 Å². The predicted octanol–water partition coefficient (Wildman–Crippen LogP) is 12.5. The minimum atomic E-state index is -0.921. The summed E-state index contributed by atoms with van der Waals surface area (Å²) in [5.74, 6) is 0.226. The molecule has 75 heavy (non-hydrogen) atoms. The van der Waals surface area contributed by atoms with Gasteiger partial charge in [-0.1, -0.05) is 39.2 Å². The van der Waals surface area contributed by atoms with Crippen molar-refractivity contribution in [1.29, 1.82) is 0 Å². The molecule has 0 saturated heterocycles. The van der Waals surface area contributed by atoms with E-state index in [1.807, 2.05) is 58.0 Å². The summed E-state index contributed by atoms with van der Waals surface area (Å²) in [6.45, 7) is 19.6. The Bertz CT molecular complexity index is 3080. The van der Waals surface area contributed by atoms with E-state index in [2.05, 4.69) is 30.7 Å². The van der Waals surface area contributed by atoms with Crippen LogP contribution in [0.15, 0.2) is 35.9 Å². The molecule has 0 amide bonds. The monoisotopic (exact) mass is 1030 g/mol. The number of ketones is 2. The molecular formula is C61H78N4O10. The number of unbranched alkanes of at least 4 members (excludes halogenated alkanes) is 2. The van der Waals surface area contributed by atoms with E-state index in [4.69, 9.17) is 14.7 Å². The third-order valence-electron chi connectivity index (χ3n) is 18.4. The first-order valence-corrected chi connectivity index (χ1v) is 27.4. The van der Waals surface area contributed by atoms with Gasteiger partial charge in [-0.3, -0.25) is 24.0 Å². The fourth-order valence-electron chi connectivity index (χ4n) is 14.5. The van der Waals surface area contributed by atoms with Gasteiger partial charge < -0.3 is 35.1 Å². The largest absolute Gasteiger partial charge is 0.481 e. The van der Waals surface area contributed by atoms with Gasteiger partial charge in [0.15, 0.2) is 5.78 Å². The second-order valence-corrected chi connectivity index (χ2v) is 22.9. The molecule has 3 unspecified atom stereocenters. The number of carbonyl (C=O) groups excluding carboxylic acids is 3. The molecule has 8 bridgehead atoms. The number of aromatic amines is 2. The molecule has 3 fully saturated rings. The Kier molecular flexibility index (Phi) is 16.2. The number of ether oxygens (including phenoxy) is 1. The van der Waals surface area contributed by atoms with Crippen molar-refractivity contribution in [3.63, 3.8) is 0 Å². The van der Waals surface area contributed by atoms with Gasteiger partial charge in [-0.25, -0.2) is 9.97 Å². The number of Topliss-reactive ketones (excluding diaryl/α,β-unsaturated/α-hetero) is 1. The van der Waals surface area contributed by atoms with Crippen LogP contribution in [-0.2, 0) is 28.7 Å². The van der Waals surface area contributed by atoms with E-state index in [9.17, 15) is 44.4 Å². The lowest BCUT2D eigenvalue weighted by Crippen LogP contribution is -2.56. The van der Waals surface area contributed by atoms with Gasteiger partial charge in [-0.2, -0.15) is 0 Å². The van der Waals surface area contributed by atoms with E-state index in [1.165, 1.54) is 5.57 Å². The van der Waals surface area contributed by atoms with Crippen LogP contribution in [0.5, 0.6) is 0 Å². The third kappa shape index (κ3) is 10.6. The molecule has 4 aliphatic carbocycles. The van der Waals surface area contributed by atoms with Crippen LogP contribution in [0.4, 0.5) is 0 Å². The lowest BCUT2D eigenvalue weighted by Gasteiger charge is -2.59. The molecule has 9 rings (SSSR count). The standard InChI is InChI=1S/C34H38N4O6.C27H40O4/c1-15-21(7-9-31(41)42)27-14-28-22(8-10-32(43)44)16(2)24(36-28)12-29-34(20(6)40)18(4)26(38-29)13-30-33(19(5)39)17(3)25(37-30)11-23(15)35-27;1-5-6-7-8-25(30)31-24-16-19(29)15-18-9-10-20-22-12-11-21(17(2)28)26(22,3)14-13-23(20)27(18,24)4/h11-14,19-20,37-40H,7-10H2,1-6H3,(H,41,42)(H,43,44);15,20-24H,5-14,16H2,1-4H3/t;20-,21+,22-,23-,24?,26+,27-/m.0/s1. The normalized spacial score (nSPS) is 25.8. The van der Waals surface area contributed by atoms with Crippen molar-refractivity contribution in [2.45, 2.75) is 184 Å². The zero-order valence-electron chi connectivity index (χ0n) is 45.7. The van der Waals surface area contributed by atoms with Gasteiger partial charge in [0, 0.05) is 70.2 Å². The fraction of sp³-hybridized carbons (Fsp3) is 0.557. The quantitative estimate of drug-likeness (QED) is 0.0654. The number of aromatic nitrogens is 4. The maximum Gasteiger partial charge on any atom is 0.306 e. The highest BCUT2D eigenvalue weighted by Crippen LogP contribution is 2.67. The van der Waals surface area contributed by atoms with Crippen molar-refractivity contribution in [2.24, 2.45) is 34.5 Å². The number of esters is 1. The van der Waals surface area contributed by atoms with Crippen LogP contribution in [0, 0.1) is 48.3 Å². The summed E-state index contributed by atoms with van der Waals surface area (Å²) in [4.78, 5) is 77.4. The number of aliphatic hydroxyl groups excluding tert-OH is 2. The van der Waals surface area contributed by atoms with Crippen LogP contribution in [0.2, 0.25) is 0 Å². The predicted molar refractivity (Wildman–Crippen MR) is 291 cm³/mol. The number of aliphatic carboxylic acids is 2. The Hall–Kier alpha value is -5.99. The van der Waals surface area contributed by atoms with Crippen molar-refractivity contribution in [3.05, 3.63) is 80.9 Å². The average molecular weight is 1030 g/mol. The second-order valence-electron chi connectivity index (χ2n) is 22.9. The second kappa shape index (κ2) is 21.9. The van der Waals surface area contributed by atoms with E-state index in [0.717, 1.165) is 108 Å². The lowest BCUT2D eigenvalue weighted by atomic mass is 9.46. The van der Waals surface area contributed by atoms with Gasteiger partial charge in [0.2, 0.25) is 0 Å². The highest BCUT2D eigenvalue weighted by Gasteiger charge is 2.62. The number of aryl methyl sites for hydroxylation is 2. The fourth-order valence-corrected chi connectivity index (χ4v) is 14.5. The number of fused-ring (bicyclic) bond motifs is 13. The van der Waals surface area contributed by atoms with E-state index < -0.39 is 24.1 Å². The van der Waals surface area contributed by atoms with Gasteiger partial charge in [-0.05, 0) is 193 Å². The summed E-state index contributed by atoms with van der Waals surface area (Å²) in [5, 5.41) is 40.5. The molecule has 0 radical (unpaired) electrons. The molecule has 0 spiro atoms. The Balaban J connectivity index is 0.000000211. The Morgan fingerprint density at radius 1 is 0.720 bits per heavy atom. The number of hydrogen-bond donors (Lipinski definition) is 6. The smallest absolute Gasteiger partial charge is 0.306 e. The molecule has 6 aliphatic rings. The highest BCUT2D eigenvalue weighted by atomic mass is 16.5. The number of hydrogen-bond acceptors (Lipinski definition) is 10. The molecule has 9 atom stereocenters. The summed E-state index contributed by atoms with van der Waals surface area (Å²) in [6, 6.07) is 7.51. The van der Waals surface area contributed by atoms with Gasteiger partial charge >= 0.3 is 17.9 Å². The maximum atomic E-state index is 12.6. The lowest BCUT2D eigenvalue weighted by molar-refractivity contribution is -0.166. The number of H-pyrrole nitrogens is 2. The topological polar surface area (TPSA) is 233 Å². The first kappa shape index (κ1) is 55.2. The first-order chi connectivity index (χ1) is 35.5. The number of nitrogens with zero attached hydrogens (tertiary/aromatic N) is 2. The maximum absolute atomic E-state index is 12.6. The Morgan fingerprint density at radius 2 is 1.27 bits per heavy atom. The van der Waals surface area contributed by atoms with Gasteiger partial charge in [0.1, 0.15) is 11.9 Å². The zero-order chi connectivity index (χ0) is 54.4. The molecule has 0 aromatic carbocycles. The highest BCUT2D eigenvalue weighted by molar-refractivity contribution is 5.97. The van der Waals surface area contributed by atoms with Crippen molar-refractivity contribution in [2.75, 3.05) is 0 Å². The molecule has 3 saturated carbocycles. The van der Waals surface area contributed by atoms with Crippen LogP contribution in [0.25, 0.3) is 44.4 Å². The molecule has 3 aromatic heterocycles. The number of nitrogens with one attached hydrogen (secondary N) is 2. The summed E-state index contributed by atoms with van der Waals surface area (Å²) < 4.78 is 6.07. The SMILES string of the molecule is CC1=C(CCC(=O)O)c2cc3nc(cc4[nH]c(cc5[nH]c(cc1n2)c(C)c5C(C)O)c(C)c4C(C)O)C(C)=C3CCC(=O)O.CCCCCC(=O)OC1CC(=O)C=C2CC[C@H]3[C@@H]4CC[C@H](C(C)=O)[C@@]4(C)CC[C@@H]3[C@]21C. The molecular weight excluding hydrogens is 949 g/mol. The van der Waals surface area contributed by atoms with Crippen LogP contribution < -0.4 is 0 Å². The van der Waals surface area contributed by atoms with Crippen molar-refractivity contribution < 1.29 is 49.1 Å². The molecule has 14 heteroatoms. The van der Waals surface area contributed by atoms with E-state index in [1.54, 1.807) is 20.8 Å². The van der Waals surface area contributed by atoms with Gasteiger partial charge in [0.05, 0.1) is 35.0 Å². The number of allylic oxidation sites excluding steroid dienone is 4. The third-order valence-corrected chi connectivity index (χ3v) is 18.4. The molecule has 402 valence electrons. The Labute approximate surface area is 440 Å². The molecule has 3 aromatic rings. The number of carbonyl (C=O) groups is 5.